The number of aromatic nitrogens is 1. The van der Waals surface area contributed by atoms with Crippen LogP contribution in [0.15, 0.2) is 24.4 Å². The van der Waals surface area contributed by atoms with E-state index in [1.165, 1.54) is 12.3 Å². The molecule has 0 fully saturated rings. The van der Waals surface area contributed by atoms with Crippen LogP contribution < -0.4 is 11.1 Å². The van der Waals surface area contributed by atoms with Crippen LogP contribution in [-0.2, 0) is 4.79 Å². The molecule has 4 N–H and O–H groups in total. The number of hydrogen-bond donors (Lipinski definition) is 3. The largest absolute Gasteiger partial charge is 0.394 e. The third kappa shape index (κ3) is 3.12. The summed E-state index contributed by atoms with van der Waals surface area (Å²) in [5, 5.41) is 10.6. The van der Waals surface area contributed by atoms with Gasteiger partial charge in [0.05, 0.1) is 6.61 Å². The molecule has 0 aliphatic heterocycles. The number of nitrogens with zero attached hydrogens (tertiary/aromatic N) is 1. The monoisotopic (exact) mass is 209 g/mol. The van der Waals surface area contributed by atoms with Gasteiger partial charge in [-0.25, -0.2) is 0 Å². The van der Waals surface area contributed by atoms with Crippen molar-refractivity contribution >= 4 is 11.8 Å². The highest BCUT2D eigenvalue weighted by Gasteiger charge is 2.16. The fourth-order valence-corrected chi connectivity index (χ4v) is 0.849. The van der Waals surface area contributed by atoms with E-state index >= 15 is 0 Å². The summed E-state index contributed by atoms with van der Waals surface area (Å²) in [4.78, 5) is 26.2. The molecule has 1 atom stereocenters. The average Bonchev–Trinajstić information content (AvgIpc) is 2.29. The van der Waals surface area contributed by atoms with Gasteiger partial charge < -0.3 is 10.8 Å². The molecule has 0 aliphatic carbocycles. The lowest BCUT2D eigenvalue weighted by Crippen LogP contribution is -2.45. The standard InChI is InChI=1S/C9H11N3O3/c10-6(5-13)8(14)12-9(15)7-3-1-2-4-11-7/h1-4,6,13H,5,10H2,(H,12,14,15)/t6-/m0/s1. The van der Waals surface area contributed by atoms with Gasteiger partial charge in [-0.3, -0.25) is 19.9 Å². The molecule has 0 radical (unpaired) electrons. The van der Waals surface area contributed by atoms with Crippen LogP contribution in [0.5, 0.6) is 0 Å². The van der Waals surface area contributed by atoms with E-state index in [0.717, 1.165) is 0 Å². The lowest BCUT2D eigenvalue weighted by molar-refractivity contribution is -0.122. The minimum Gasteiger partial charge on any atom is -0.394 e. The molecule has 1 heterocycles. The van der Waals surface area contributed by atoms with Gasteiger partial charge in [-0.05, 0) is 12.1 Å². The first-order valence-electron chi connectivity index (χ1n) is 4.28. The zero-order chi connectivity index (χ0) is 11.3. The minimum atomic E-state index is -1.10. The molecule has 0 aliphatic rings. The molecule has 1 rings (SSSR count). The van der Waals surface area contributed by atoms with Crippen LogP contribution >= 0.6 is 0 Å². The summed E-state index contributed by atoms with van der Waals surface area (Å²) in [7, 11) is 0. The highest BCUT2D eigenvalue weighted by Crippen LogP contribution is 1.92. The van der Waals surface area contributed by atoms with Gasteiger partial charge in [0.15, 0.2) is 0 Å². The molecule has 0 bridgehead atoms. The summed E-state index contributed by atoms with van der Waals surface area (Å²) in [6.07, 6.45) is 1.44. The molecule has 0 saturated carbocycles. The van der Waals surface area contributed by atoms with Gasteiger partial charge in [-0.2, -0.15) is 0 Å². The van der Waals surface area contributed by atoms with E-state index in [2.05, 4.69) is 4.98 Å². The van der Waals surface area contributed by atoms with Crippen LogP contribution in [-0.4, -0.2) is 34.6 Å². The van der Waals surface area contributed by atoms with Crippen LogP contribution in [0.2, 0.25) is 0 Å². The Bertz CT molecular complexity index is 353. The zero-order valence-electron chi connectivity index (χ0n) is 7.88. The van der Waals surface area contributed by atoms with E-state index in [9.17, 15) is 9.59 Å². The lowest BCUT2D eigenvalue weighted by atomic mass is 10.3. The molecule has 0 saturated heterocycles. The Hall–Kier alpha value is -1.79. The average molecular weight is 209 g/mol. The number of nitrogens with one attached hydrogen (secondary N) is 1. The second-order valence-corrected chi connectivity index (χ2v) is 2.82. The molecule has 2 amide bonds. The molecule has 0 unspecified atom stereocenters. The summed E-state index contributed by atoms with van der Waals surface area (Å²) in [5.41, 5.74) is 5.33. The summed E-state index contributed by atoms with van der Waals surface area (Å²) >= 11 is 0. The number of aliphatic hydroxyl groups excluding tert-OH is 1. The molecule has 1 aromatic rings. The normalized spacial score (nSPS) is 11.9. The lowest BCUT2D eigenvalue weighted by Gasteiger charge is -2.07. The summed E-state index contributed by atoms with van der Waals surface area (Å²) in [5.74, 6) is -1.36. The number of hydrogen-bond acceptors (Lipinski definition) is 5. The SMILES string of the molecule is N[C@@H](CO)C(=O)NC(=O)c1ccccn1. The summed E-state index contributed by atoms with van der Waals surface area (Å²) in [6, 6.07) is 3.64. The Kier molecular flexibility index (Phi) is 3.90. The predicted octanol–water partition coefficient (Wildman–Crippen LogP) is -1.34. The molecule has 80 valence electrons. The van der Waals surface area contributed by atoms with E-state index in [1.807, 2.05) is 5.32 Å². The number of pyridine rings is 1. The Morgan fingerprint density at radius 1 is 1.53 bits per heavy atom. The van der Waals surface area contributed by atoms with Gasteiger partial charge in [0, 0.05) is 6.20 Å². The predicted molar refractivity (Wildman–Crippen MR) is 51.8 cm³/mol. The Labute approximate surface area is 86.1 Å². The van der Waals surface area contributed by atoms with E-state index < -0.39 is 24.5 Å². The van der Waals surface area contributed by atoms with E-state index in [4.69, 9.17) is 10.8 Å². The highest BCUT2D eigenvalue weighted by molar-refractivity contribution is 6.04. The van der Waals surface area contributed by atoms with Crippen LogP contribution in [0.4, 0.5) is 0 Å². The van der Waals surface area contributed by atoms with Gasteiger partial charge in [-0.15, -0.1) is 0 Å². The zero-order valence-corrected chi connectivity index (χ0v) is 7.88. The van der Waals surface area contributed by atoms with E-state index in [-0.39, 0.29) is 5.69 Å². The van der Waals surface area contributed by atoms with Crippen molar-refractivity contribution in [1.29, 1.82) is 0 Å². The van der Waals surface area contributed by atoms with Crippen molar-refractivity contribution in [2.45, 2.75) is 6.04 Å². The molecule has 6 heteroatoms. The topological polar surface area (TPSA) is 105 Å². The van der Waals surface area contributed by atoms with Crippen molar-refractivity contribution < 1.29 is 14.7 Å². The third-order valence-electron chi connectivity index (χ3n) is 1.67. The van der Waals surface area contributed by atoms with Crippen molar-refractivity contribution in [3.63, 3.8) is 0 Å². The van der Waals surface area contributed by atoms with E-state index in [1.54, 1.807) is 12.1 Å². The van der Waals surface area contributed by atoms with Crippen LogP contribution in [0, 0.1) is 0 Å². The van der Waals surface area contributed by atoms with Crippen molar-refractivity contribution in [1.82, 2.24) is 10.3 Å². The van der Waals surface area contributed by atoms with Crippen molar-refractivity contribution in [2.75, 3.05) is 6.61 Å². The Morgan fingerprint density at radius 2 is 2.27 bits per heavy atom. The molecule has 1 aromatic heterocycles. The van der Waals surface area contributed by atoms with Crippen molar-refractivity contribution in [3.8, 4) is 0 Å². The molecule has 15 heavy (non-hydrogen) atoms. The number of amides is 2. The first-order valence-corrected chi connectivity index (χ1v) is 4.28. The van der Waals surface area contributed by atoms with Gasteiger partial charge in [0.1, 0.15) is 11.7 Å². The second-order valence-electron chi connectivity index (χ2n) is 2.82. The molecular formula is C9H11N3O3. The summed E-state index contributed by atoms with van der Waals surface area (Å²) < 4.78 is 0. The van der Waals surface area contributed by atoms with Gasteiger partial charge >= 0.3 is 0 Å². The fourth-order valence-electron chi connectivity index (χ4n) is 0.849. The Morgan fingerprint density at radius 3 is 2.80 bits per heavy atom. The summed E-state index contributed by atoms with van der Waals surface area (Å²) in [6.45, 7) is -0.513. The third-order valence-corrected chi connectivity index (χ3v) is 1.67. The molecule has 0 spiro atoms. The van der Waals surface area contributed by atoms with Crippen LogP contribution in [0.25, 0.3) is 0 Å². The van der Waals surface area contributed by atoms with Gasteiger partial charge in [0.25, 0.3) is 5.91 Å². The maximum absolute atomic E-state index is 11.3. The number of carbonyl (C=O) groups excluding carboxylic acids is 2. The number of nitrogens with two attached hydrogens (primary N) is 1. The minimum absolute atomic E-state index is 0.121. The quantitative estimate of drug-likeness (QED) is 0.571. The van der Waals surface area contributed by atoms with Gasteiger partial charge in [-0.1, -0.05) is 6.07 Å². The number of rotatable bonds is 3. The number of imide groups is 1. The molecular weight excluding hydrogens is 198 g/mol. The second kappa shape index (κ2) is 5.18. The van der Waals surface area contributed by atoms with Crippen molar-refractivity contribution in [2.24, 2.45) is 5.73 Å². The van der Waals surface area contributed by atoms with E-state index in [0.29, 0.717) is 0 Å². The fraction of sp³-hybridized carbons (Fsp3) is 0.222. The maximum atomic E-state index is 11.3. The smallest absolute Gasteiger partial charge is 0.276 e. The van der Waals surface area contributed by atoms with Crippen LogP contribution in [0.1, 0.15) is 10.5 Å². The molecule has 0 aromatic carbocycles. The Balaban J connectivity index is 2.61. The highest BCUT2D eigenvalue weighted by atomic mass is 16.3. The molecule has 6 nitrogen and oxygen atoms in total. The number of carbonyl (C=O) groups is 2. The number of aliphatic hydroxyl groups is 1. The first-order chi connectivity index (χ1) is 7.15. The van der Waals surface area contributed by atoms with Gasteiger partial charge in [0.2, 0.25) is 5.91 Å². The first kappa shape index (κ1) is 11.3. The maximum Gasteiger partial charge on any atom is 0.276 e. The van der Waals surface area contributed by atoms with Crippen LogP contribution in [0.3, 0.4) is 0 Å². The van der Waals surface area contributed by atoms with Crippen molar-refractivity contribution in [3.05, 3.63) is 30.1 Å².